The van der Waals surface area contributed by atoms with Crippen LogP contribution in [0.5, 0.6) is 5.75 Å². The van der Waals surface area contributed by atoms with Gasteiger partial charge in [0.2, 0.25) is 0 Å². The number of carbonyl (C=O) groups excluding carboxylic acids is 2. The van der Waals surface area contributed by atoms with E-state index >= 15 is 0 Å². The minimum Gasteiger partial charge on any atom is -0.497 e. The van der Waals surface area contributed by atoms with E-state index in [0.29, 0.717) is 37.4 Å². The Morgan fingerprint density at radius 1 is 0.917 bits per heavy atom. The van der Waals surface area contributed by atoms with Crippen molar-refractivity contribution in [1.82, 2.24) is 14.8 Å². The van der Waals surface area contributed by atoms with Gasteiger partial charge in [-0.25, -0.2) is 0 Å². The molecule has 1 aromatic carbocycles. The van der Waals surface area contributed by atoms with E-state index in [1.807, 2.05) is 0 Å². The van der Waals surface area contributed by atoms with Crippen LogP contribution in [0.1, 0.15) is 20.8 Å². The van der Waals surface area contributed by atoms with E-state index in [1.165, 1.54) is 0 Å². The highest BCUT2D eigenvalue weighted by Crippen LogP contribution is 2.15. The fourth-order valence-electron chi connectivity index (χ4n) is 2.68. The summed E-state index contributed by atoms with van der Waals surface area (Å²) < 4.78 is 5.10. The Labute approximate surface area is 140 Å². The molecule has 0 radical (unpaired) electrons. The molecular weight excluding hydrogens is 306 g/mol. The first-order chi connectivity index (χ1) is 11.7. The Hall–Kier alpha value is -2.89. The highest BCUT2D eigenvalue weighted by molar-refractivity contribution is 5.95. The van der Waals surface area contributed by atoms with E-state index in [-0.39, 0.29) is 11.8 Å². The SMILES string of the molecule is COc1ccc(C(=O)N2CCN(C(=O)c3ccccn3)CC2)cc1. The van der Waals surface area contributed by atoms with Gasteiger partial charge < -0.3 is 14.5 Å². The van der Waals surface area contributed by atoms with Crippen molar-refractivity contribution in [2.75, 3.05) is 33.3 Å². The van der Waals surface area contributed by atoms with Gasteiger partial charge in [-0.05, 0) is 36.4 Å². The number of pyridine rings is 1. The Morgan fingerprint density at radius 2 is 1.54 bits per heavy atom. The van der Waals surface area contributed by atoms with Crippen LogP contribution in [0.4, 0.5) is 0 Å². The lowest BCUT2D eigenvalue weighted by Gasteiger charge is -2.34. The molecule has 0 bridgehead atoms. The van der Waals surface area contributed by atoms with Crippen molar-refractivity contribution in [3.8, 4) is 5.75 Å². The molecule has 0 N–H and O–H groups in total. The van der Waals surface area contributed by atoms with Gasteiger partial charge in [-0.1, -0.05) is 6.07 Å². The Kier molecular flexibility index (Phi) is 4.74. The maximum Gasteiger partial charge on any atom is 0.272 e. The molecule has 0 saturated carbocycles. The van der Waals surface area contributed by atoms with Crippen LogP contribution in [0.15, 0.2) is 48.7 Å². The number of hydrogen-bond donors (Lipinski definition) is 0. The van der Waals surface area contributed by atoms with Gasteiger partial charge in [-0.2, -0.15) is 0 Å². The van der Waals surface area contributed by atoms with Crippen LogP contribution in [-0.2, 0) is 0 Å². The third-order valence-corrected chi connectivity index (χ3v) is 4.08. The fraction of sp³-hybridized carbons (Fsp3) is 0.278. The number of hydrogen-bond acceptors (Lipinski definition) is 4. The van der Waals surface area contributed by atoms with Crippen molar-refractivity contribution in [2.45, 2.75) is 0 Å². The van der Waals surface area contributed by atoms with Crippen molar-refractivity contribution in [1.29, 1.82) is 0 Å². The number of ether oxygens (including phenoxy) is 1. The zero-order valence-corrected chi connectivity index (χ0v) is 13.5. The average molecular weight is 325 g/mol. The largest absolute Gasteiger partial charge is 0.497 e. The molecule has 6 heteroatoms. The number of rotatable bonds is 3. The highest BCUT2D eigenvalue weighted by Gasteiger charge is 2.25. The van der Waals surface area contributed by atoms with Gasteiger partial charge >= 0.3 is 0 Å². The average Bonchev–Trinajstić information content (AvgIpc) is 2.68. The second-order valence-corrected chi connectivity index (χ2v) is 5.53. The van der Waals surface area contributed by atoms with E-state index in [4.69, 9.17) is 4.74 Å². The van der Waals surface area contributed by atoms with Crippen LogP contribution in [0.2, 0.25) is 0 Å². The molecule has 2 amide bonds. The van der Waals surface area contributed by atoms with E-state index in [1.54, 1.807) is 65.6 Å². The molecule has 24 heavy (non-hydrogen) atoms. The molecule has 3 rings (SSSR count). The maximum absolute atomic E-state index is 12.5. The lowest BCUT2D eigenvalue weighted by molar-refractivity contribution is 0.0532. The number of nitrogens with zero attached hydrogens (tertiary/aromatic N) is 3. The first kappa shape index (κ1) is 16.0. The molecule has 1 aliphatic rings. The van der Waals surface area contributed by atoms with E-state index in [9.17, 15) is 9.59 Å². The predicted octanol–water partition coefficient (Wildman–Crippen LogP) is 1.69. The maximum atomic E-state index is 12.5. The third-order valence-electron chi connectivity index (χ3n) is 4.08. The van der Waals surface area contributed by atoms with Crippen molar-refractivity contribution in [3.63, 3.8) is 0 Å². The van der Waals surface area contributed by atoms with Crippen LogP contribution in [-0.4, -0.2) is 59.9 Å². The summed E-state index contributed by atoms with van der Waals surface area (Å²) in [6.07, 6.45) is 1.61. The van der Waals surface area contributed by atoms with Crippen LogP contribution < -0.4 is 4.74 Å². The zero-order chi connectivity index (χ0) is 16.9. The first-order valence-electron chi connectivity index (χ1n) is 7.82. The second-order valence-electron chi connectivity index (χ2n) is 5.53. The van der Waals surface area contributed by atoms with Crippen LogP contribution >= 0.6 is 0 Å². The molecule has 1 aliphatic heterocycles. The van der Waals surface area contributed by atoms with E-state index in [0.717, 1.165) is 5.75 Å². The molecule has 0 spiro atoms. The lowest BCUT2D eigenvalue weighted by atomic mass is 10.1. The summed E-state index contributed by atoms with van der Waals surface area (Å²) in [5, 5.41) is 0. The Morgan fingerprint density at radius 3 is 2.08 bits per heavy atom. The number of benzene rings is 1. The Bertz CT molecular complexity index is 708. The van der Waals surface area contributed by atoms with Crippen LogP contribution in [0.25, 0.3) is 0 Å². The van der Waals surface area contributed by atoms with Gasteiger partial charge in [-0.15, -0.1) is 0 Å². The first-order valence-corrected chi connectivity index (χ1v) is 7.82. The van der Waals surface area contributed by atoms with Crippen molar-refractivity contribution in [2.24, 2.45) is 0 Å². The Balaban J connectivity index is 1.60. The van der Waals surface area contributed by atoms with Gasteiger partial charge in [0, 0.05) is 37.9 Å². The molecule has 2 aromatic rings. The van der Waals surface area contributed by atoms with Gasteiger partial charge in [0.25, 0.3) is 11.8 Å². The minimum absolute atomic E-state index is 0.0254. The quantitative estimate of drug-likeness (QED) is 0.861. The molecular formula is C18H19N3O3. The minimum atomic E-state index is -0.0906. The standard InChI is InChI=1S/C18H19N3O3/c1-24-15-7-5-14(6-8-15)17(22)20-10-12-21(13-11-20)18(23)16-4-2-3-9-19-16/h2-9H,10-13H2,1H3. The fourth-order valence-corrected chi connectivity index (χ4v) is 2.68. The second kappa shape index (κ2) is 7.12. The smallest absolute Gasteiger partial charge is 0.272 e. The van der Waals surface area contributed by atoms with Gasteiger partial charge in [-0.3, -0.25) is 14.6 Å². The summed E-state index contributed by atoms with van der Waals surface area (Å²) in [6, 6.07) is 12.3. The molecule has 2 heterocycles. The number of carbonyl (C=O) groups is 2. The van der Waals surface area contributed by atoms with Gasteiger partial charge in [0.05, 0.1) is 7.11 Å². The summed E-state index contributed by atoms with van der Waals surface area (Å²) in [7, 11) is 1.59. The summed E-state index contributed by atoms with van der Waals surface area (Å²) in [5.74, 6) is 0.604. The highest BCUT2D eigenvalue weighted by atomic mass is 16.5. The number of amides is 2. The molecule has 0 aliphatic carbocycles. The zero-order valence-electron chi connectivity index (χ0n) is 13.5. The number of aromatic nitrogens is 1. The van der Waals surface area contributed by atoms with E-state index in [2.05, 4.69) is 4.98 Å². The summed E-state index contributed by atoms with van der Waals surface area (Å²) >= 11 is 0. The van der Waals surface area contributed by atoms with Crippen molar-refractivity contribution < 1.29 is 14.3 Å². The van der Waals surface area contributed by atoms with Crippen LogP contribution in [0.3, 0.4) is 0 Å². The van der Waals surface area contributed by atoms with Crippen molar-refractivity contribution in [3.05, 3.63) is 59.9 Å². The van der Waals surface area contributed by atoms with E-state index < -0.39 is 0 Å². The molecule has 0 unspecified atom stereocenters. The number of piperazine rings is 1. The van der Waals surface area contributed by atoms with Crippen molar-refractivity contribution >= 4 is 11.8 Å². The molecule has 0 atom stereocenters. The molecule has 1 fully saturated rings. The topological polar surface area (TPSA) is 62.7 Å². The number of methoxy groups -OCH3 is 1. The predicted molar refractivity (Wildman–Crippen MR) is 89.0 cm³/mol. The summed E-state index contributed by atoms with van der Waals surface area (Å²) in [4.78, 5) is 32.5. The third kappa shape index (κ3) is 3.37. The molecule has 6 nitrogen and oxygen atoms in total. The normalized spacial score (nSPS) is 14.4. The summed E-state index contributed by atoms with van der Waals surface area (Å²) in [6.45, 7) is 2.06. The molecule has 1 aromatic heterocycles. The van der Waals surface area contributed by atoms with Gasteiger partial charge in [0.1, 0.15) is 11.4 Å². The lowest BCUT2D eigenvalue weighted by Crippen LogP contribution is -2.50. The summed E-state index contributed by atoms with van der Waals surface area (Å²) in [5.41, 5.74) is 1.06. The van der Waals surface area contributed by atoms with Crippen LogP contribution in [0, 0.1) is 0 Å². The molecule has 1 saturated heterocycles. The molecule has 124 valence electrons. The van der Waals surface area contributed by atoms with Gasteiger partial charge in [0.15, 0.2) is 0 Å². The monoisotopic (exact) mass is 325 g/mol.